The lowest BCUT2D eigenvalue weighted by Crippen LogP contribution is -2.01. The first-order valence-corrected chi connectivity index (χ1v) is 4.60. The first kappa shape index (κ1) is 10.3. The summed E-state index contributed by atoms with van der Waals surface area (Å²) in [4.78, 5) is 11.3. The Bertz CT molecular complexity index is 367. The smallest absolute Gasteiger partial charge is 0.161 e. The number of benzene rings is 1. The minimum atomic E-state index is 0.0330. The zero-order chi connectivity index (χ0) is 10.2. The fourth-order valence-corrected chi connectivity index (χ4v) is 1.90. The van der Waals surface area contributed by atoms with Crippen molar-refractivity contribution in [3.63, 3.8) is 0 Å². The summed E-state index contributed by atoms with van der Waals surface area (Å²) in [6, 6.07) is 1.85. The van der Waals surface area contributed by atoms with Crippen LogP contribution in [-0.4, -0.2) is 5.78 Å². The highest BCUT2D eigenvalue weighted by atomic mass is 35.5. The van der Waals surface area contributed by atoms with Crippen molar-refractivity contribution in [1.82, 2.24) is 0 Å². The van der Waals surface area contributed by atoms with Crippen molar-refractivity contribution in [2.24, 2.45) is 0 Å². The molecule has 1 nitrogen and oxygen atoms in total. The van der Waals surface area contributed by atoms with Crippen LogP contribution in [-0.2, 0) is 0 Å². The third-order valence-electron chi connectivity index (χ3n) is 2.46. The van der Waals surface area contributed by atoms with E-state index in [2.05, 4.69) is 0 Å². The zero-order valence-electron chi connectivity index (χ0n) is 8.36. The maximum atomic E-state index is 11.3. The van der Waals surface area contributed by atoms with E-state index in [-0.39, 0.29) is 5.78 Å². The van der Waals surface area contributed by atoms with Crippen LogP contribution in [0.2, 0.25) is 5.02 Å². The highest BCUT2D eigenvalue weighted by molar-refractivity contribution is 6.34. The number of hydrogen-bond acceptors (Lipinski definition) is 1. The number of carbonyl (C=O) groups is 1. The van der Waals surface area contributed by atoms with Crippen molar-refractivity contribution in [2.45, 2.75) is 27.7 Å². The van der Waals surface area contributed by atoms with Crippen molar-refractivity contribution >= 4 is 17.4 Å². The van der Waals surface area contributed by atoms with Gasteiger partial charge in [0, 0.05) is 5.56 Å². The summed E-state index contributed by atoms with van der Waals surface area (Å²) in [6.45, 7) is 7.49. The molecule has 0 saturated heterocycles. The van der Waals surface area contributed by atoms with E-state index in [4.69, 9.17) is 11.6 Å². The number of carbonyl (C=O) groups excluding carboxylic acids is 1. The average Bonchev–Trinajstić information content (AvgIpc) is 1.99. The molecular weight excluding hydrogens is 184 g/mol. The Kier molecular flexibility index (Phi) is 2.77. The Morgan fingerprint density at radius 1 is 1.23 bits per heavy atom. The fourth-order valence-electron chi connectivity index (χ4n) is 1.47. The van der Waals surface area contributed by atoms with Crippen molar-refractivity contribution in [3.8, 4) is 0 Å². The van der Waals surface area contributed by atoms with Gasteiger partial charge in [-0.2, -0.15) is 0 Å². The lowest BCUT2D eigenvalue weighted by molar-refractivity contribution is 0.101. The van der Waals surface area contributed by atoms with E-state index < -0.39 is 0 Å². The molecule has 0 aromatic heterocycles. The SMILES string of the molecule is CC(=O)c1c(Cl)cc(C)c(C)c1C. The molecule has 2 heteroatoms. The van der Waals surface area contributed by atoms with E-state index >= 15 is 0 Å². The van der Waals surface area contributed by atoms with Crippen molar-refractivity contribution in [3.05, 3.63) is 33.3 Å². The third kappa shape index (κ3) is 1.75. The van der Waals surface area contributed by atoms with Crippen LogP contribution in [0.5, 0.6) is 0 Å². The van der Waals surface area contributed by atoms with Gasteiger partial charge in [0.15, 0.2) is 5.78 Å². The summed E-state index contributed by atoms with van der Waals surface area (Å²) in [5, 5.41) is 0.563. The molecule has 0 aliphatic heterocycles. The normalized spacial score (nSPS) is 10.2. The summed E-state index contributed by atoms with van der Waals surface area (Å²) in [6.07, 6.45) is 0. The van der Waals surface area contributed by atoms with Crippen LogP contribution in [0, 0.1) is 20.8 Å². The Balaban J connectivity index is 3.53. The van der Waals surface area contributed by atoms with E-state index in [0.717, 1.165) is 16.7 Å². The number of hydrogen-bond donors (Lipinski definition) is 0. The maximum Gasteiger partial charge on any atom is 0.161 e. The minimum absolute atomic E-state index is 0.0330. The molecule has 0 spiro atoms. The molecule has 0 heterocycles. The molecule has 0 aliphatic carbocycles. The summed E-state index contributed by atoms with van der Waals surface area (Å²) >= 11 is 5.98. The summed E-state index contributed by atoms with van der Waals surface area (Å²) in [5.74, 6) is 0.0330. The second-order valence-corrected chi connectivity index (χ2v) is 3.76. The molecule has 1 rings (SSSR count). The first-order valence-electron chi connectivity index (χ1n) is 4.22. The van der Waals surface area contributed by atoms with Gasteiger partial charge >= 0.3 is 0 Å². The number of rotatable bonds is 1. The monoisotopic (exact) mass is 196 g/mol. The topological polar surface area (TPSA) is 17.1 Å². The molecule has 70 valence electrons. The lowest BCUT2D eigenvalue weighted by Gasteiger charge is -2.10. The summed E-state index contributed by atoms with van der Waals surface area (Å²) in [5.41, 5.74) is 3.93. The molecule has 0 N–H and O–H groups in total. The summed E-state index contributed by atoms with van der Waals surface area (Å²) < 4.78 is 0. The number of halogens is 1. The van der Waals surface area contributed by atoms with Gasteiger partial charge in [-0.3, -0.25) is 4.79 Å². The van der Waals surface area contributed by atoms with Crippen LogP contribution in [0.3, 0.4) is 0 Å². The van der Waals surface area contributed by atoms with Crippen molar-refractivity contribution < 1.29 is 4.79 Å². The number of Topliss-reactive ketones (excluding diaryl/α,β-unsaturated/α-hetero) is 1. The Morgan fingerprint density at radius 2 is 1.77 bits per heavy atom. The van der Waals surface area contributed by atoms with Gasteiger partial charge in [-0.1, -0.05) is 11.6 Å². The van der Waals surface area contributed by atoms with Crippen LogP contribution in [0.15, 0.2) is 6.07 Å². The van der Waals surface area contributed by atoms with E-state index in [1.165, 1.54) is 0 Å². The second kappa shape index (κ2) is 3.51. The second-order valence-electron chi connectivity index (χ2n) is 3.36. The Hall–Kier alpha value is -0.820. The van der Waals surface area contributed by atoms with Gasteiger partial charge in [0.2, 0.25) is 0 Å². The van der Waals surface area contributed by atoms with Crippen molar-refractivity contribution in [1.29, 1.82) is 0 Å². The maximum absolute atomic E-state index is 11.3. The molecule has 13 heavy (non-hydrogen) atoms. The molecule has 0 radical (unpaired) electrons. The van der Waals surface area contributed by atoms with Gasteiger partial charge in [0.25, 0.3) is 0 Å². The van der Waals surface area contributed by atoms with E-state index in [1.54, 1.807) is 6.92 Å². The predicted octanol–water partition coefficient (Wildman–Crippen LogP) is 3.47. The van der Waals surface area contributed by atoms with Crippen LogP contribution in [0.25, 0.3) is 0 Å². The minimum Gasteiger partial charge on any atom is -0.294 e. The molecular formula is C11H13ClO. The van der Waals surface area contributed by atoms with Crippen LogP contribution in [0.4, 0.5) is 0 Å². The Morgan fingerprint density at radius 3 is 2.23 bits per heavy atom. The highest BCUT2D eigenvalue weighted by Gasteiger charge is 2.12. The quantitative estimate of drug-likeness (QED) is 0.629. The third-order valence-corrected chi connectivity index (χ3v) is 2.76. The largest absolute Gasteiger partial charge is 0.294 e. The first-order chi connectivity index (χ1) is 5.95. The average molecular weight is 197 g/mol. The van der Waals surface area contributed by atoms with E-state index in [9.17, 15) is 4.79 Å². The number of ketones is 1. The van der Waals surface area contributed by atoms with Crippen LogP contribution < -0.4 is 0 Å². The highest BCUT2D eigenvalue weighted by Crippen LogP contribution is 2.25. The molecule has 0 aliphatic rings. The lowest BCUT2D eigenvalue weighted by atomic mass is 9.97. The molecule has 0 amide bonds. The van der Waals surface area contributed by atoms with Gasteiger partial charge < -0.3 is 0 Å². The van der Waals surface area contributed by atoms with Crippen molar-refractivity contribution in [2.75, 3.05) is 0 Å². The summed E-state index contributed by atoms with van der Waals surface area (Å²) in [7, 11) is 0. The Labute approximate surface area is 83.7 Å². The van der Waals surface area contributed by atoms with E-state index in [0.29, 0.717) is 10.6 Å². The molecule has 0 unspecified atom stereocenters. The van der Waals surface area contributed by atoms with Gasteiger partial charge in [0.1, 0.15) is 0 Å². The van der Waals surface area contributed by atoms with Gasteiger partial charge in [-0.15, -0.1) is 0 Å². The zero-order valence-corrected chi connectivity index (χ0v) is 9.12. The molecule has 0 saturated carbocycles. The molecule has 0 bridgehead atoms. The molecule has 1 aromatic carbocycles. The fraction of sp³-hybridized carbons (Fsp3) is 0.364. The standard InChI is InChI=1S/C11H13ClO/c1-6-5-10(12)11(9(4)13)8(3)7(6)2/h5H,1-4H3. The van der Waals surface area contributed by atoms with Crippen LogP contribution in [0.1, 0.15) is 34.0 Å². The predicted molar refractivity (Wildman–Crippen MR) is 55.7 cm³/mol. The van der Waals surface area contributed by atoms with Gasteiger partial charge in [-0.05, 0) is 50.5 Å². The van der Waals surface area contributed by atoms with Gasteiger partial charge in [0.05, 0.1) is 5.02 Å². The molecule has 0 fully saturated rings. The number of aryl methyl sites for hydroxylation is 1. The molecule has 0 atom stereocenters. The van der Waals surface area contributed by atoms with Crippen LogP contribution >= 0.6 is 11.6 Å². The van der Waals surface area contributed by atoms with E-state index in [1.807, 2.05) is 26.8 Å². The van der Waals surface area contributed by atoms with Gasteiger partial charge in [-0.25, -0.2) is 0 Å². The molecule has 1 aromatic rings.